The Morgan fingerprint density at radius 2 is 1.94 bits per heavy atom. The quantitative estimate of drug-likeness (QED) is 0.763. The van der Waals surface area contributed by atoms with Gasteiger partial charge in [0.1, 0.15) is 6.20 Å². The molecule has 0 aliphatic heterocycles. The molecule has 0 saturated carbocycles. The number of carbonyl (C=O) groups is 2. The van der Waals surface area contributed by atoms with E-state index in [4.69, 9.17) is 9.94 Å². The topological polar surface area (TPSA) is 94.3 Å². The molecule has 0 saturated heterocycles. The van der Waals surface area contributed by atoms with Crippen molar-refractivity contribution in [2.45, 2.75) is 0 Å². The monoisotopic (exact) mass is 233 g/mol. The van der Waals surface area contributed by atoms with Crippen LogP contribution in [0.2, 0.25) is 0 Å². The van der Waals surface area contributed by atoms with E-state index in [1.54, 1.807) is 30.3 Å². The van der Waals surface area contributed by atoms with Crippen LogP contribution in [0.1, 0.15) is 20.8 Å². The third-order valence-electron chi connectivity index (χ3n) is 1.88. The van der Waals surface area contributed by atoms with Gasteiger partial charge in [0.2, 0.25) is 0 Å². The largest absolute Gasteiger partial charge is 0.476 e. The zero-order valence-corrected chi connectivity index (χ0v) is 8.48. The fourth-order valence-electron chi connectivity index (χ4n) is 1.10. The van der Waals surface area contributed by atoms with Gasteiger partial charge in [-0.3, -0.25) is 0 Å². The first kappa shape index (κ1) is 10.8. The molecule has 0 fully saturated rings. The summed E-state index contributed by atoms with van der Waals surface area (Å²) in [4.78, 5) is 27.5. The molecule has 1 aromatic carbocycles. The second kappa shape index (κ2) is 4.44. The van der Waals surface area contributed by atoms with Crippen LogP contribution in [0, 0.1) is 0 Å². The van der Waals surface area contributed by atoms with E-state index < -0.39 is 11.9 Å². The molecule has 0 amide bonds. The Morgan fingerprint density at radius 3 is 2.53 bits per heavy atom. The van der Waals surface area contributed by atoms with Crippen LogP contribution in [0.4, 0.5) is 0 Å². The van der Waals surface area contributed by atoms with Crippen LogP contribution in [0.25, 0.3) is 0 Å². The lowest BCUT2D eigenvalue weighted by atomic mass is 10.2. The number of carboxylic acids is 1. The predicted octanol–water partition coefficient (Wildman–Crippen LogP) is 0.245. The van der Waals surface area contributed by atoms with Crippen molar-refractivity contribution in [1.29, 1.82) is 0 Å². The molecule has 2 aromatic rings. The minimum Gasteiger partial charge on any atom is -0.476 e. The van der Waals surface area contributed by atoms with Gasteiger partial charge >= 0.3 is 11.9 Å². The fourth-order valence-corrected chi connectivity index (χ4v) is 1.10. The first-order chi connectivity index (χ1) is 8.16. The number of benzene rings is 1. The van der Waals surface area contributed by atoms with E-state index in [2.05, 4.69) is 10.3 Å². The lowest BCUT2D eigenvalue weighted by Gasteiger charge is -2.00. The molecule has 7 nitrogen and oxygen atoms in total. The smallest absolute Gasteiger partial charge is 0.365 e. The Kier molecular flexibility index (Phi) is 2.82. The summed E-state index contributed by atoms with van der Waals surface area (Å²) in [6.45, 7) is 0. The predicted molar refractivity (Wildman–Crippen MR) is 54.3 cm³/mol. The third-order valence-corrected chi connectivity index (χ3v) is 1.88. The van der Waals surface area contributed by atoms with Crippen molar-refractivity contribution >= 4 is 11.9 Å². The summed E-state index contributed by atoms with van der Waals surface area (Å²) in [5.74, 6) is -1.89. The Balaban J connectivity index is 2.11. The summed E-state index contributed by atoms with van der Waals surface area (Å²) < 4.78 is 0. The van der Waals surface area contributed by atoms with E-state index in [0.29, 0.717) is 10.4 Å². The van der Waals surface area contributed by atoms with Gasteiger partial charge in [-0.15, -0.1) is 5.10 Å². The molecule has 0 aliphatic rings. The minimum atomic E-state index is -1.24. The maximum Gasteiger partial charge on any atom is 0.365 e. The second-order valence-electron chi connectivity index (χ2n) is 3.06. The summed E-state index contributed by atoms with van der Waals surface area (Å²) in [5, 5.41) is 15.2. The number of hydrogen-bond acceptors (Lipinski definition) is 5. The molecule has 0 bridgehead atoms. The van der Waals surface area contributed by atoms with Crippen LogP contribution in [-0.2, 0) is 0 Å². The Bertz CT molecular complexity index is 550. The standard InChI is InChI=1S/C10H7N3O4/c14-9(15)8-6-13(12-11-8)17-10(16)7-4-2-1-3-5-7/h1-6H,(H,14,15). The second-order valence-corrected chi connectivity index (χ2v) is 3.06. The SMILES string of the molecule is O=C(On1cc(C(=O)O)nn1)c1ccccc1. The van der Waals surface area contributed by atoms with Gasteiger partial charge in [-0.2, -0.15) is 0 Å². The van der Waals surface area contributed by atoms with Crippen LogP contribution in [-0.4, -0.2) is 32.2 Å². The summed E-state index contributed by atoms with van der Waals surface area (Å²) in [6, 6.07) is 8.25. The number of hydrogen-bond donors (Lipinski definition) is 1. The van der Waals surface area contributed by atoms with E-state index in [-0.39, 0.29) is 5.69 Å². The van der Waals surface area contributed by atoms with Gasteiger partial charge in [0.15, 0.2) is 5.69 Å². The van der Waals surface area contributed by atoms with E-state index in [1.807, 2.05) is 0 Å². The highest BCUT2D eigenvalue weighted by molar-refractivity contribution is 5.89. The van der Waals surface area contributed by atoms with Gasteiger partial charge in [0.25, 0.3) is 0 Å². The number of rotatable bonds is 3. The normalized spacial score (nSPS) is 9.88. The molecule has 1 aromatic heterocycles. The van der Waals surface area contributed by atoms with Gasteiger partial charge in [0.05, 0.1) is 5.56 Å². The highest BCUT2D eigenvalue weighted by Crippen LogP contribution is 1.99. The molecule has 0 radical (unpaired) electrons. The van der Waals surface area contributed by atoms with Crippen molar-refractivity contribution < 1.29 is 19.5 Å². The zero-order valence-electron chi connectivity index (χ0n) is 8.48. The molecule has 0 spiro atoms. The molecule has 1 heterocycles. The Hall–Kier alpha value is -2.70. The van der Waals surface area contributed by atoms with Crippen molar-refractivity contribution in [3.8, 4) is 0 Å². The molecule has 7 heteroatoms. The van der Waals surface area contributed by atoms with Crippen LogP contribution >= 0.6 is 0 Å². The van der Waals surface area contributed by atoms with Crippen molar-refractivity contribution in [3.05, 3.63) is 47.8 Å². The summed E-state index contributed by atoms with van der Waals surface area (Å²) in [5.41, 5.74) is 0.0331. The Morgan fingerprint density at radius 1 is 1.24 bits per heavy atom. The van der Waals surface area contributed by atoms with Gasteiger partial charge in [-0.25, -0.2) is 9.59 Å². The lowest BCUT2D eigenvalue weighted by Crippen LogP contribution is -2.20. The molecule has 0 unspecified atom stereocenters. The highest BCUT2D eigenvalue weighted by atomic mass is 16.7. The van der Waals surface area contributed by atoms with E-state index in [9.17, 15) is 9.59 Å². The van der Waals surface area contributed by atoms with Gasteiger partial charge in [0, 0.05) is 0 Å². The van der Waals surface area contributed by atoms with Crippen molar-refractivity contribution in [2.75, 3.05) is 0 Å². The van der Waals surface area contributed by atoms with Gasteiger partial charge in [-0.1, -0.05) is 23.0 Å². The molecule has 0 aliphatic carbocycles. The first-order valence-electron chi connectivity index (χ1n) is 4.60. The van der Waals surface area contributed by atoms with E-state index in [1.165, 1.54) is 0 Å². The maximum atomic E-state index is 11.5. The van der Waals surface area contributed by atoms with Gasteiger partial charge < -0.3 is 9.94 Å². The van der Waals surface area contributed by atoms with E-state index in [0.717, 1.165) is 6.20 Å². The van der Waals surface area contributed by atoms with Gasteiger partial charge in [-0.05, 0) is 17.3 Å². The van der Waals surface area contributed by atoms with Crippen LogP contribution in [0.15, 0.2) is 36.5 Å². The zero-order chi connectivity index (χ0) is 12.3. The summed E-state index contributed by atoms with van der Waals surface area (Å²) >= 11 is 0. The average Bonchev–Trinajstić information content (AvgIpc) is 2.79. The van der Waals surface area contributed by atoms with Crippen molar-refractivity contribution in [3.63, 3.8) is 0 Å². The van der Waals surface area contributed by atoms with Crippen LogP contribution < -0.4 is 4.84 Å². The Labute approximate surface area is 95.2 Å². The first-order valence-corrected chi connectivity index (χ1v) is 4.60. The molecule has 2 rings (SSSR count). The molecule has 0 atom stereocenters. The van der Waals surface area contributed by atoms with Crippen molar-refractivity contribution in [2.24, 2.45) is 0 Å². The average molecular weight is 233 g/mol. The molecular weight excluding hydrogens is 226 g/mol. The van der Waals surface area contributed by atoms with Crippen molar-refractivity contribution in [1.82, 2.24) is 15.2 Å². The number of carboxylic acid groups (broad SMARTS) is 1. The number of aromatic nitrogens is 3. The summed E-state index contributed by atoms with van der Waals surface area (Å²) in [6.07, 6.45) is 1.00. The molecule has 17 heavy (non-hydrogen) atoms. The maximum absolute atomic E-state index is 11.5. The minimum absolute atomic E-state index is 0.300. The van der Waals surface area contributed by atoms with Crippen LogP contribution in [0.5, 0.6) is 0 Å². The molecule has 86 valence electrons. The number of carbonyl (C=O) groups excluding carboxylic acids is 1. The lowest BCUT2D eigenvalue weighted by molar-refractivity contribution is 0.0382. The number of nitrogens with zero attached hydrogens (tertiary/aromatic N) is 3. The highest BCUT2D eigenvalue weighted by Gasteiger charge is 2.12. The third kappa shape index (κ3) is 2.46. The van der Waals surface area contributed by atoms with Crippen LogP contribution in [0.3, 0.4) is 0 Å². The summed E-state index contributed by atoms with van der Waals surface area (Å²) in [7, 11) is 0. The molecular formula is C10H7N3O4. The van der Waals surface area contributed by atoms with E-state index >= 15 is 0 Å². The number of aromatic carboxylic acids is 1. The fraction of sp³-hybridized carbons (Fsp3) is 0. The molecule has 1 N–H and O–H groups in total.